The molecule has 0 aromatic carbocycles. The number of thiazole rings is 1. The van der Waals surface area contributed by atoms with Crippen LogP contribution in [-0.2, 0) is 18.0 Å². The summed E-state index contributed by atoms with van der Waals surface area (Å²) in [6.07, 6.45) is 5.22. The van der Waals surface area contributed by atoms with Gasteiger partial charge in [0.25, 0.3) is 5.56 Å². The highest BCUT2D eigenvalue weighted by Gasteiger charge is 2.15. The summed E-state index contributed by atoms with van der Waals surface area (Å²) in [5, 5.41) is 10.5. The third-order valence-corrected chi connectivity index (χ3v) is 7.83. The molecule has 11 heteroatoms. The summed E-state index contributed by atoms with van der Waals surface area (Å²) >= 11 is 1.49. The number of ether oxygens (including phenoxy) is 1. The number of nitrogens with one attached hydrogen (secondary N) is 1. The highest BCUT2D eigenvalue weighted by Crippen LogP contribution is 2.25. The number of pyridine rings is 1. The molecule has 5 rings (SSSR count). The van der Waals surface area contributed by atoms with Crippen molar-refractivity contribution in [2.75, 3.05) is 6.61 Å². The van der Waals surface area contributed by atoms with Crippen LogP contribution in [0.4, 0.5) is 0 Å². The van der Waals surface area contributed by atoms with Crippen molar-refractivity contribution >= 4 is 51.6 Å². The van der Waals surface area contributed by atoms with Gasteiger partial charge in [0.1, 0.15) is 17.9 Å². The molecule has 9 nitrogen and oxygen atoms in total. The van der Waals surface area contributed by atoms with Crippen molar-refractivity contribution in [1.29, 1.82) is 0 Å². The van der Waals surface area contributed by atoms with Crippen molar-refractivity contribution < 1.29 is 4.74 Å². The number of rotatable bonds is 7. The fourth-order valence-corrected chi connectivity index (χ4v) is 5.02. The van der Waals surface area contributed by atoms with Crippen LogP contribution in [0.5, 0.6) is 0 Å². The molecule has 0 atom stereocenters. The van der Waals surface area contributed by atoms with Gasteiger partial charge in [-0.25, -0.2) is 14.3 Å². The van der Waals surface area contributed by atoms with Crippen LogP contribution in [0.2, 0.25) is 25.7 Å². The van der Waals surface area contributed by atoms with E-state index in [4.69, 9.17) is 4.74 Å². The predicted molar refractivity (Wildman–Crippen MR) is 124 cm³/mol. The van der Waals surface area contributed by atoms with E-state index in [2.05, 4.69) is 44.8 Å². The van der Waals surface area contributed by atoms with Gasteiger partial charge in [-0.2, -0.15) is 10.2 Å². The number of hydrogen-bond acceptors (Lipinski definition) is 7. The summed E-state index contributed by atoms with van der Waals surface area (Å²) in [7, 11) is -1.13. The maximum absolute atomic E-state index is 13.0. The number of aromatic nitrogens is 7. The minimum Gasteiger partial charge on any atom is -0.360 e. The average Bonchev–Trinajstić information content (AvgIpc) is 3.42. The van der Waals surface area contributed by atoms with E-state index in [1.807, 2.05) is 10.7 Å². The molecule has 5 aromatic heterocycles. The molecule has 0 aliphatic rings. The largest absolute Gasteiger partial charge is 0.360 e. The monoisotopic (exact) mass is 453 g/mol. The Hall–Kier alpha value is -2.89. The Morgan fingerprint density at radius 1 is 1.13 bits per heavy atom. The third kappa shape index (κ3) is 3.79. The Balaban J connectivity index is 1.41. The van der Waals surface area contributed by atoms with Crippen LogP contribution in [-0.4, -0.2) is 49.2 Å². The van der Waals surface area contributed by atoms with E-state index in [-0.39, 0.29) is 12.1 Å². The molecule has 0 aliphatic heterocycles. The van der Waals surface area contributed by atoms with Gasteiger partial charge >= 0.3 is 0 Å². The molecule has 160 valence electrons. The molecule has 0 bridgehead atoms. The van der Waals surface area contributed by atoms with Crippen LogP contribution < -0.4 is 5.56 Å². The number of fused-ring (bicyclic) bond motifs is 4. The summed E-state index contributed by atoms with van der Waals surface area (Å²) in [6.45, 7) is 8.38. The van der Waals surface area contributed by atoms with E-state index in [9.17, 15) is 4.79 Å². The maximum Gasteiger partial charge on any atom is 0.291 e. The molecule has 0 fully saturated rings. The van der Waals surface area contributed by atoms with Gasteiger partial charge in [0.2, 0.25) is 0 Å². The minimum atomic E-state index is -1.13. The third-order valence-electron chi connectivity index (χ3n) is 5.26. The van der Waals surface area contributed by atoms with E-state index in [0.29, 0.717) is 17.9 Å². The zero-order chi connectivity index (χ0) is 21.6. The Morgan fingerprint density at radius 3 is 2.77 bits per heavy atom. The van der Waals surface area contributed by atoms with Crippen molar-refractivity contribution in [3.63, 3.8) is 0 Å². The molecule has 0 radical (unpaired) electrons. The number of hydrogen-bond donors (Lipinski definition) is 1. The quantitative estimate of drug-likeness (QED) is 0.299. The highest BCUT2D eigenvalue weighted by molar-refractivity contribution is 7.17. The van der Waals surface area contributed by atoms with Gasteiger partial charge in [0.15, 0.2) is 0 Å². The van der Waals surface area contributed by atoms with Crippen molar-refractivity contribution in [3.8, 4) is 0 Å². The minimum absolute atomic E-state index is 0.191. The first-order valence-corrected chi connectivity index (χ1v) is 14.7. The van der Waals surface area contributed by atoms with Crippen LogP contribution in [0, 0.1) is 0 Å². The summed E-state index contributed by atoms with van der Waals surface area (Å²) in [5.41, 5.74) is 4.46. The van der Waals surface area contributed by atoms with Gasteiger partial charge in [-0.15, -0.1) is 11.3 Å². The van der Waals surface area contributed by atoms with Crippen LogP contribution in [0.25, 0.3) is 32.2 Å². The maximum atomic E-state index is 13.0. The average molecular weight is 454 g/mol. The summed E-state index contributed by atoms with van der Waals surface area (Å²) in [6, 6.07) is 3.03. The lowest BCUT2D eigenvalue weighted by Gasteiger charge is -2.15. The summed E-state index contributed by atoms with van der Waals surface area (Å²) in [4.78, 5) is 24.8. The molecule has 0 amide bonds. The zero-order valence-corrected chi connectivity index (χ0v) is 19.4. The number of nitrogens with zero attached hydrogens (tertiary/aromatic N) is 6. The van der Waals surface area contributed by atoms with Crippen molar-refractivity contribution in [3.05, 3.63) is 46.2 Å². The lowest BCUT2D eigenvalue weighted by Crippen LogP contribution is -2.23. The lowest BCUT2D eigenvalue weighted by atomic mass is 10.2. The van der Waals surface area contributed by atoms with Crippen LogP contribution in [0.1, 0.15) is 5.69 Å². The van der Waals surface area contributed by atoms with Crippen LogP contribution >= 0.6 is 11.3 Å². The Kier molecular flexibility index (Phi) is 4.95. The molecule has 0 aliphatic carbocycles. The molecule has 5 heterocycles. The van der Waals surface area contributed by atoms with E-state index in [0.717, 1.165) is 39.3 Å². The van der Waals surface area contributed by atoms with Gasteiger partial charge in [-0.1, -0.05) is 19.6 Å². The van der Waals surface area contributed by atoms with Gasteiger partial charge in [0.05, 0.1) is 40.4 Å². The molecular weight excluding hydrogens is 430 g/mol. The van der Waals surface area contributed by atoms with Crippen molar-refractivity contribution in [1.82, 2.24) is 34.5 Å². The molecule has 0 unspecified atom stereocenters. The van der Waals surface area contributed by atoms with Gasteiger partial charge in [-0.05, 0) is 12.1 Å². The topological polar surface area (TPSA) is 104 Å². The smallest absolute Gasteiger partial charge is 0.291 e. The molecular formula is C20H23N7O2SSi. The molecule has 0 saturated heterocycles. The second-order valence-corrected chi connectivity index (χ2v) is 15.2. The fraction of sp³-hybridized carbons (Fsp3) is 0.350. The highest BCUT2D eigenvalue weighted by atomic mass is 32.1. The summed E-state index contributed by atoms with van der Waals surface area (Å²) < 4.78 is 10.0. The zero-order valence-electron chi connectivity index (χ0n) is 17.6. The Labute approximate surface area is 182 Å². The van der Waals surface area contributed by atoms with Gasteiger partial charge < -0.3 is 9.72 Å². The fourth-order valence-electron chi connectivity index (χ4n) is 3.50. The number of aromatic amines is 1. The first-order chi connectivity index (χ1) is 14.9. The normalized spacial score (nSPS) is 12.5. The second-order valence-electron chi connectivity index (χ2n) is 8.73. The van der Waals surface area contributed by atoms with E-state index in [1.165, 1.54) is 16.0 Å². The summed E-state index contributed by atoms with van der Waals surface area (Å²) in [5.74, 6) is 0. The van der Waals surface area contributed by atoms with Crippen molar-refractivity contribution in [2.45, 2.75) is 39.0 Å². The SMILES string of the molecule is C[Si](C)(C)CCOCn1ncc2c(Cn3ncc4c([nH]c5ncsc54)c3=O)nccc21. The van der Waals surface area contributed by atoms with Crippen molar-refractivity contribution in [2.24, 2.45) is 0 Å². The molecule has 0 spiro atoms. The molecule has 0 saturated carbocycles. The van der Waals surface area contributed by atoms with E-state index < -0.39 is 8.07 Å². The molecule has 1 N–H and O–H groups in total. The second kappa shape index (κ2) is 7.66. The first kappa shape index (κ1) is 20.0. The predicted octanol–water partition coefficient (Wildman–Crippen LogP) is 3.44. The molecule has 31 heavy (non-hydrogen) atoms. The Morgan fingerprint density at radius 2 is 1.94 bits per heavy atom. The lowest BCUT2D eigenvalue weighted by molar-refractivity contribution is 0.0817. The van der Waals surface area contributed by atoms with Gasteiger partial charge in [0, 0.05) is 31.7 Å². The first-order valence-electron chi connectivity index (χ1n) is 10.1. The Bertz CT molecular complexity index is 1440. The van der Waals surface area contributed by atoms with Gasteiger partial charge in [-0.3, -0.25) is 9.78 Å². The van der Waals surface area contributed by atoms with E-state index >= 15 is 0 Å². The molecule has 5 aromatic rings. The van der Waals surface area contributed by atoms with Crippen LogP contribution in [0.15, 0.2) is 35.0 Å². The standard InChI is InChI=1S/C20H23N7O2SSi/c1-31(2,3)7-6-29-12-27-16-4-5-21-15(13(16)8-24-27)10-26-20(28)17-14(9-23-26)18-19(25-17)22-11-30-18/h4-5,8-9,11,25H,6-7,10,12H2,1-3H3. The number of H-pyrrole nitrogens is 1. The van der Waals surface area contributed by atoms with Crippen LogP contribution in [0.3, 0.4) is 0 Å². The van der Waals surface area contributed by atoms with E-state index in [1.54, 1.807) is 24.1 Å².